The molecule has 0 aromatic heterocycles. The number of hydrogen-bond acceptors (Lipinski definition) is 3. The number of carbonyl (C=O) groups is 1. The van der Waals surface area contributed by atoms with Gasteiger partial charge in [0.05, 0.1) is 4.47 Å². The quantitative estimate of drug-likeness (QED) is 0.756. The van der Waals surface area contributed by atoms with Crippen molar-refractivity contribution in [2.45, 2.75) is 32.6 Å². The minimum absolute atomic E-state index is 0.0511. The summed E-state index contributed by atoms with van der Waals surface area (Å²) < 4.78 is 6.51. The van der Waals surface area contributed by atoms with Crippen LogP contribution in [0.5, 0.6) is 5.75 Å². The number of benzene rings is 2. The molecule has 2 aromatic carbocycles. The molecule has 0 spiro atoms. The number of halogens is 1. The Labute approximate surface area is 150 Å². The lowest BCUT2D eigenvalue weighted by molar-refractivity contribution is -0.123. The zero-order chi connectivity index (χ0) is 16.9. The van der Waals surface area contributed by atoms with Crippen LogP contribution in [0.25, 0.3) is 10.8 Å². The van der Waals surface area contributed by atoms with Crippen molar-refractivity contribution in [2.24, 2.45) is 11.0 Å². The van der Waals surface area contributed by atoms with E-state index in [4.69, 9.17) is 4.74 Å². The van der Waals surface area contributed by atoms with Gasteiger partial charge in [0.15, 0.2) is 6.61 Å². The van der Waals surface area contributed by atoms with E-state index in [-0.39, 0.29) is 12.5 Å². The lowest BCUT2D eigenvalue weighted by Crippen LogP contribution is -2.26. The van der Waals surface area contributed by atoms with Gasteiger partial charge in [-0.2, -0.15) is 5.10 Å². The van der Waals surface area contributed by atoms with Crippen molar-refractivity contribution in [3.8, 4) is 5.75 Å². The van der Waals surface area contributed by atoms with Gasteiger partial charge in [-0.3, -0.25) is 4.79 Å². The van der Waals surface area contributed by atoms with Gasteiger partial charge in [0, 0.05) is 5.71 Å². The van der Waals surface area contributed by atoms with Crippen LogP contribution in [-0.4, -0.2) is 18.2 Å². The molecule has 1 fully saturated rings. The van der Waals surface area contributed by atoms with E-state index in [2.05, 4.69) is 33.4 Å². The van der Waals surface area contributed by atoms with Crippen molar-refractivity contribution in [3.63, 3.8) is 0 Å². The SMILES string of the molecule is CCC1CCC/C1=N\NC(=O)COc1ccc2ccccc2c1Br. The van der Waals surface area contributed by atoms with Crippen molar-refractivity contribution < 1.29 is 9.53 Å². The summed E-state index contributed by atoms with van der Waals surface area (Å²) in [5.74, 6) is 0.939. The predicted octanol–water partition coefficient (Wildman–Crippen LogP) is 4.66. The molecular weight excluding hydrogens is 368 g/mol. The molecule has 1 amide bonds. The fourth-order valence-electron chi connectivity index (χ4n) is 3.12. The summed E-state index contributed by atoms with van der Waals surface area (Å²) in [7, 11) is 0. The molecule has 4 nitrogen and oxygen atoms in total. The highest BCUT2D eigenvalue weighted by molar-refractivity contribution is 9.10. The average molecular weight is 389 g/mol. The number of fused-ring (bicyclic) bond motifs is 1. The maximum Gasteiger partial charge on any atom is 0.277 e. The molecule has 1 aliphatic rings. The summed E-state index contributed by atoms with van der Waals surface area (Å²) in [5.41, 5.74) is 3.73. The Hall–Kier alpha value is -1.88. The van der Waals surface area contributed by atoms with E-state index >= 15 is 0 Å². The highest BCUT2D eigenvalue weighted by Gasteiger charge is 2.21. The Morgan fingerprint density at radius 3 is 3.00 bits per heavy atom. The largest absolute Gasteiger partial charge is 0.483 e. The number of hydrogen-bond donors (Lipinski definition) is 1. The molecule has 3 rings (SSSR count). The molecule has 126 valence electrons. The van der Waals surface area contributed by atoms with Crippen LogP contribution in [-0.2, 0) is 4.79 Å². The molecular formula is C19H21BrN2O2. The Morgan fingerprint density at radius 1 is 1.33 bits per heavy atom. The van der Waals surface area contributed by atoms with Crippen LogP contribution in [0.2, 0.25) is 0 Å². The van der Waals surface area contributed by atoms with Gasteiger partial charge >= 0.3 is 0 Å². The summed E-state index contributed by atoms with van der Waals surface area (Å²) in [6, 6.07) is 11.9. The van der Waals surface area contributed by atoms with Crippen LogP contribution in [0.3, 0.4) is 0 Å². The van der Waals surface area contributed by atoms with Crippen LogP contribution in [0.15, 0.2) is 46.0 Å². The van der Waals surface area contributed by atoms with E-state index in [0.717, 1.165) is 40.2 Å². The number of carbonyl (C=O) groups excluding carboxylic acids is 1. The molecule has 0 heterocycles. The second-order valence-corrected chi connectivity index (χ2v) is 6.82. The zero-order valence-electron chi connectivity index (χ0n) is 13.7. The minimum Gasteiger partial charge on any atom is -0.483 e. The van der Waals surface area contributed by atoms with Gasteiger partial charge in [0.25, 0.3) is 5.91 Å². The van der Waals surface area contributed by atoms with Crippen LogP contribution in [0.1, 0.15) is 32.6 Å². The maximum absolute atomic E-state index is 12.0. The minimum atomic E-state index is -0.232. The van der Waals surface area contributed by atoms with Gasteiger partial charge in [0.2, 0.25) is 0 Å². The van der Waals surface area contributed by atoms with Crippen molar-refractivity contribution >= 4 is 38.3 Å². The molecule has 0 bridgehead atoms. The number of ether oxygens (including phenoxy) is 1. The lowest BCUT2D eigenvalue weighted by Gasteiger charge is -2.10. The summed E-state index contributed by atoms with van der Waals surface area (Å²) in [5, 5.41) is 6.47. The number of hydrazone groups is 1. The summed E-state index contributed by atoms with van der Waals surface area (Å²) in [4.78, 5) is 12.0. The van der Waals surface area contributed by atoms with Gasteiger partial charge < -0.3 is 4.74 Å². The van der Waals surface area contributed by atoms with Crippen LogP contribution < -0.4 is 10.2 Å². The van der Waals surface area contributed by atoms with Crippen molar-refractivity contribution in [2.75, 3.05) is 6.61 Å². The molecule has 1 unspecified atom stereocenters. The first-order valence-corrected chi connectivity index (χ1v) is 9.13. The monoisotopic (exact) mass is 388 g/mol. The molecule has 1 saturated carbocycles. The van der Waals surface area contributed by atoms with Gasteiger partial charge in [-0.1, -0.05) is 37.3 Å². The van der Waals surface area contributed by atoms with E-state index in [1.54, 1.807) is 0 Å². The molecule has 1 aliphatic carbocycles. The Kier molecular flexibility index (Phi) is 5.51. The molecule has 0 aliphatic heterocycles. The molecule has 24 heavy (non-hydrogen) atoms. The fraction of sp³-hybridized carbons (Fsp3) is 0.368. The average Bonchev–Trinajstić information content (AvgIpc) is 3.07. The maximum atomic E-state index is 12.0. The Bertz CT molecular complexity index is 773. The number of nitrogens with one attached hydrogen (secondary N) is 1. The highest BCUT2D eigenvalue weighted by Crippen LogP contribution is 2.33. The zero-order valence-corrected chi connectivity index (χ0v) is 15.3. The van der Waals surface area contributed by atoms with Gasteiger partial charge in [-0.15, -0.1) is 0 Å². The first-order valence-electron chi connectivity index (χ1n) is 8.34. The van der Waals surface area contributed by atoms with Crippen molar-refractivity contribution in [3.05, 3.63) is 40.9 Å². The topological polar surface area (TPSA) is 50.7 Å². The highest BCUT2D eigenvalue weighted by atomic mass is 79.9. The van der Waals surface area contributed by atoms with Gasteiger partial charge in [-0.25, -0.2) is 5.43 Å². The summed E-state index contributed by atoms with van der Waals surface area (Å²) in [6.45, 7) is 2.11. The first-order chi connectivity index (χ1) is 11.7. The first kappa shape index (κ1) is 17.0. The normalized spacial score (nSPS) is 18.9. The van der Waals surface area contributed by atoms with E-state index in [0.29, 0.717) is 11.7 Å². The number of nitrogens with zero attached hydrogens (tertiary/aromatic N) is 1. The third-order valence-corrected chi connectivity index (χ3v) is 5.28. The third kappa shape index (κ3) is 3.78. The molecule has 0 radical (unpaired) electrons. The van der Waals surface area contributed by atoms with Gasteiger partial charge in [-0.05, 0) is 64.4 Å². The van der Waals surface area contributed by atoms with Crippen molar-refractivity contribution in [1.82, 2.24) is 5.43 Å². The second kappa shape index (κ2) is 7.79. The standard InChI is InChI=1S/C19H21BrN2O2/c1-2-13-7-5-9-16(13)21-22-18(23)12-24-17-11-10-14-6-3-4-8-15(14)19(17)20/h3-4,6,8,10-11,13H,2,5,7,9,12H2,1H3,(H,22,23)/b21-16+. The van der Waals surface area contributed by atoms with E-state index < -0.39 is 0 Å². The molecule has 5 heteroatoms. The van der Waals surface area contributed by atoms with E-state index in [1.807, 2.05) is 36.4 Å². The second-order valence-electron chi connectivity index (χ2n) is 6.02. The van der Waals surface area contributed by atoms with Gasteiger partial charge in [0.1, 0.15) is 5.75 Å². The number of rotatable bonds is 5. The van der Waals surface area contributed by atoms with Crippen LogP contribution in [0.4, 0.5) is 0 Å². The fourth-order valence-corrected chi connectivity index (χ4v) is 3.73. The Morgan fingerprint density at radius 2 is 2.17 bits per heavy atom. The molecule has 1 atom stereocenters. The van der Waals surface area contributed by atoms with Crippen LogP contribution in [0, 0.1) is 5.92 Å². The summed E-state index contributed by atoms with van der Waals surface area (Å²) in [6.07, 6.45) is 4.39. The lowest BCUT2D eigenvalue weighted by atomic mass is 10.0. The van der Waals surface area contributed by atoms with E-state index in [1.165, 1.54) is 6.42 Å². The van der Waals surface area contributed by atoms with Crippen molar-refractivity contribution in [1.29, 1.82) is 0 Å². The molecule has 1 N–H and O–H groups in total. The van der Waals surface area contributed by atoms with E-state index in [9.17, 15) is 4.79 Å². The molecule has 0 saturated heterocycles. The Balaban J connectivity index is 1.60. The summed E-state index contributed by atoms with van der Waals surface area (Å²) >= 11 is 3.56. The molecule has 2 aromatic rings. The van der Waals surface area contributed by atoms with Crippen LogP contribution >= 0.6 is 15.9 Å². The third-order valence-electron chi connectivity index (χ3n) is 4.46. The smallest absolute Gasteiger partial charge is 0.277 e. The number of amides is 1. The predicted molar refractivity (Wildman–Crippen MR) is 100 cm³/mol.